The van der Waals surface area contributed by atoms with Crippen molar-refractivity contribution >= 4 is 5.91 Å². The van der Waals surface area contributed by atoms with Gasteiger partial charge in [-0.3, -0.25) is 9.78 Å². The molecular formula is C16H14FN5O2. The molecule has 8 heteroatoms. The second-order valence-electron chi connectivity index (χ2n) is 5.11. The lowest BCUT2D eigenvalue weighted by Crippen LogP contribution is -2.28. The van der Waals surface area contributed by atoms with Crippen molar-refractivity contribution in [3.63, 3.8) is 0 Å². The number of rotatable bonds is 5. The van der Waals surface area contributed by atoms with Crippen LogP contribution >= 0.6 is 0 Å². The van der Waals surface area contributed by atoms with Crippen molar-refractivity contribution in [3.05, 3.63) is 60.1 Å². The van der Waals surface area contributed by atoms with E-state index in [-0.39, 0.29) is 36.0 Å². The highest BCUT2D eigenvalue weighted by Crippen LogP contribution is 2.15. The number of carbonyl (C=O) groups is 1. The maximum Gasteiger partial charge on any atom is 0.267 e. The van der Waals surface area contributed by atoms with Crippen LogP contribution in [0.1, 0.15) is 24.4 Å². The largest absolute Gasteiger partial charge is 0.419 e. The highest BCUT2D eigenvalue weighted by molar-refractivity contribution is 5.78. The molecule has 3 aromatic rings. The fourth-order valence-electron chi connectivity index (χ4n) is 2.10. The van der Waals surface area contributed by atoms with Crippen LogP contribution < -0.4 is 5.32 Å². The predicted molar refractivity (Wildman–Crippen MR) is 82.0 cm³/mol. The molecule has 1 N–H and O–H groups in total. The van der Waals surface area contributed by atoms with Crippen molar-refractivity contribution in [2.75, 3.05) is 0 Å². The van der Waals surface area contributed by atoms with Gasteiger partial charge < -0.3 is 9.73 Å². The highest BCUT2D eigenvalue weighted by atomic mass is 19.1. The number of hydrogen-bond donors (Lipinski definition) is 1. The van der Waals surface area contributed by atoms with Crippen molar-refractivity contribution in [2.45, 2.75) is 19.4 Å². The molecule has 0 fully saturated rings. The standard InChI is InChI=1S/C16H14FN5O2/c1-10(11-2-4-12(17)5-3-11)20-14(23)8-15-21-22-16(24-15)13-9-18-6-7-19-13/h2-7,9-10H,8H2,1H3,(H,20,23)/t10-/m1/s1. The summed E-state index contributed by atoms with van der Waals surface area (Å²) >= 11 is 0. The molecular weight excluding hydrogens is 313 g/mol. The van der Waals surface area contributed by atoms with Gasteiger partial charge in [0.05, 0.1) is 12.2 Å². The Morgan fingerprint density at radius 1 is 1.25 bits per heavy atom. The van der Waals surface area contributed by atoms with E-state index in [1.807, 2.05) is 6.92 Å². The number of hydrogen-bond acceptors (Lipinski definition) is 6. The maximum absolute atomic E-state index is 12.9. The third-order valence-corrected chi connectivity index (χ3v) is 3.31. The van der Waals surface area contributed by atoms with Crippen molar-refractivity contribution in [1.82, 2.24) is 25.5 Å². The second kappa shape index (κ2) is 6.95. The average molecular weight is 327 g/mol. The van der Waals surface area contributed by atoms with Gasteiger partial charge in [-0.2, -0.15) is 0 Å². The van der Waals surface area contributed by atoms with Crippen molar-refractivity contribution in [1.29, 1.82) is 0 Å². The zero-order valence-corrected chi connectivity index (χ0v) is 12.8. The molecule has 0 saturated carbocycles. The zero-order valence-electron chi connectivity index (χ0n) is 12.8. The summed E-state index contributed by atoms with van der Waals surface area (Å²) < 4.78 is 18.3. The summed E-state index contributed by atoms with van der Waals surface area (Å²) in [5, 5.41) is 10.5. The summed E-state index contributed by atoms with van der Waals surface area (Å²) in [4.78, 5) is 20.0. The third kappa shape index (κ3) is 3.78. The second-order valence-corrected chi connectivity index (χ2v) is 5.11. The van der Waals surface area contributed by atoms with Crippen LogP contribution in [0.2, 0.25) is 0 Å². The minimum atomic E-state index is -0.320. The first kappa shape index (κ1) is 15.7. The van der Waals surface area contributed by atoms with E-state index in [4.69, 9.17) is 4.42 Å². The van der Waals surface area contributed by atoms with Crippen LogP contribution in [0.3, 0.4) is 0 Å². The average Bonchev–Trinajstić information content (AvgIpc) is 3.04. The number of nitrogens with one attached hydrogen (secondary N) is 1. The molecule has 122 valence electrons. The SMILES string of the molecule is C[C@@H](NC(=O)Cc1nnc(-c2cnccn2)o1)c1ccc(F)cc1. The fraction of sp³-hybridized carbons (Fsp3) is 0.188. The molecule has 0 spiro atoms. The maximum atomic E-state index is 12.9. The summed E-state index contributed by atoms with van der Waals surface area (Å²) in [6.07, 6.45) is 4.48. The summed E-state index contributed by atoms with van der Waals surface area (Å²) in [7, 11) is 0. The third-order valence-electron chi connectivity index (χ3n) is 3.31. The Labute approximate surface area is 137 Å². The molecule has 0 aliphatic rings. The van der Waals surface area contributed by atoms with Gasteiger partial charge in [0.25, 0.3) is 5.89 Å². The Kier molecular flexibility index (Phi) is 4.55. The first-order valence-electron chi connectivity index (χ1n) is 7.25. The molecule has 3 rings (SSSR count). The van der Waals surface area contributed by atoms with Gasteiger partial charge in [0.15, 0.2) is 0 Å². The molecule has 0 unspecified atom stereocenters. The van der Waals surface area contributed by atoms with Gasteiger partial charge in [-0.25, -0.2) is 9.37 Å². The van der Waals surface area contributed by atoms with E-state index in [9.17, 15) is 9.18 Å². The van der Waals surface area contributed by atoms with E-state index in [1.165, 1.54) is 30.7 Å². The van der Waals surface area contributed by atoms with E-state index in [2.05, 4.69) is 25.5 Å². The Morgan fingerprint density at radius 3 is 2.75 bits per heavy atom. The van der Waals surface area contributed by atoms with Crippen LogP contribution in [0.4, 0.5) is 4.39 Å². The first-order chi connectivity index (χ1) is 11.6. The van der Waals surface area contributed by atoms with E-state index < -0.39 is 0 Å². The Morgan fingerprint density at radius 2 is 2.04 bits per heavy atom. The van der Waals surface area contributed by atoms with Crippen LogP contribution in [-0.4, -0.2) is 26.1 Å². The lowest BCUT2D eigenvalue weighted by atomic mass is 10.1. The van der Waals surface area contributed by atoms with E-state index >= 15 is 0 Å². The molecule has 1 aromatic carbocycles. The molecule has 0 saturated heterocycles. The van der Waals surface area contributed by atoms with Crippen LogP contribution in [0.15, 0.2) is 47.3 Å². The molecule has 7 nitrogen and oxygen atoms in total. The minimum Gasteiger partial charge on any atom is -0.419 e. The first-order valence-corrected chi connectivity index (χ1v) is 7.25. The highest BCUT2D eigenvalue weighted by Gasteiger charge is 2.15. The van der Waals surface area contributed by atoms with Gasteiger partial charge in [-0.15, -0.1) is 10.2 Å². The van der Waals surface area contributed by atoms with Gasteiger partial charge in [-0.1, -0.05) is 12.1 Å². The van der Waals surface area contributed by atoms with Crippen LogP contribution in [0.25, 0.3) is 11.6 Å². The molecule has 0 aliphatic heterocycles. The molecule has 1 atom stereocenters. The monoisotopic (exact) mass is 327 g/mol. The Balaban J connectivity index is 1.61. The normalized spacial score (nSPS) is 11.9. The Bertz CT molecular complexity index is 820. The van der Waals surface area contributed by atoms with Gasteiger partial charge in [0.1, 0.15) is 17.9 Å². The number of nitrogens with zero attached hydrogens (tertiary/aromatic N) is 4. The van der Waals surface area contributed by atoms with E-state index in [0.29, 0.717) is 5.69 Å². The summed E-state index contributed by atoms with van der Waals surface area (Å²) in [6.45, 7) is 1.81. The van der Waals surface area contributed by atoms with Gasteiger partial charge in [-0.05, 0) is 24.6 Å². The molecule has 24 heavy (non-hydrogen) atoms. The number of aromatic nitrogens is 4. The number of carbonyl (C=O) groups excluding carboxylic acids is 1. The fourth-order valence-corrected chi connectivity index (χ4v) is 2.10. The van der Waals surface area contributed by atoms with Gasteiger partial charge >= 0.3 is 0 Å². The topological polar surface area (TPSA) is 93.8 Å². The lowest BCUT2D eigenvalue weighted by molar-refractivity contribution is -0.121. The van der Waals surface area contributed by atoms with E-state index in [1.54, 1.807) is 12.1 Å². The quantitative estimate of drug-likeness (QED) is 0.771. The predicted octanol–water partition coefficient (Wildman–Crippen LogP) is 2.09. The summed E-state index contributed by atoms with van der Waals surface area (Å²) in [5.41, 5.74) is 1.24. The van der Waals surface area contributed by atoms with E-state index in [0.717, 1.165) is 5.56 Å². The van der Waals surface area contributed by atoms with Gasteiger partial charge in [0, 0.05) is 12.4 Å². The lowest BCUT2D eigenvalue weighted by Gasteiger charge is -2.13. The number of benzene rings is 1. The molecule has 1 amide bonds. The smallest absolute Gasteiger partial charge is 0.267 e. The molecule has 0 radical (unpaired) electrons. The molecule has 0 bridgehead atoms. The van der Waals surface area contributed by atoms with Crippen LogP contribution in [-0.2, 0) is 11.2 Å². The number of halogens is 1. The zero-order chi connectivity index (χ0) is 16.9. The molecule has 2 aromatic heterocycles. The van der Waals surface area contributed by atoms with Crippen LogP contribution in [0.5, 0.6) is 0 Å². The minimum absolute atomic E-state index is 0.0567. The molecule has 2 heterocycles. The number of amides is 1. The van der Waals surface area contributed by atoms with Gasteiger partial charge in [0.2, 0.25) is 11.8 Å². The summed E-state index contributed by atoms with van der Waals surface area (Å²) in [6, 6.07) is 5.69. The summed E-state index contributed by atoms with van der Waals surface area (Å²) in [5.74, 6) is -0.210. The molecule has 0 aliphatic carbocycles. The van der Waals surface area contributed by atoms with Crippen molar-refractivity contribution in [2.24, 2.45) is 0 Å². The van der Waals surface area contributed by atoms with Crippen molar-refractivity contribution in [3.8, 4) is 11.6 Å². The van der Waals surface area contributed by atoms with Crippen molar-refractivity contribution < 1.29 is 13.6 Å². The Hall–Kier alpha value is -3.16. The van der Waals surface area contributed by atoms with Crippen LogP contribution in [0, 0.1) is 5.82 Å².